The number of carbonyl (C=O) groups is 2. The Balaban J connectivity index is 2.23. The molecule has 0 radical (unpaired) electrons. The molecular weight excluding hydrogens is 316 g/mol. The topological polar surface area (TPSA) is 105 Å². The van der Waals surface area contributed by atoms with Crippen molar-refractivity contribution in [2.45, 2.75) is 33.2 Å². The Labute approximate surface area is 137 Å². The molecule has 2 heterocycles. The molecule has 2 rings (SSSR count). The van der Waals surface area contributed by atoms with Gasteiger partial charge in [0.2, 0.25) is 0 Å². The molecule has 0 aromatic carbocycles. The third-order valence-corrected chi connectivity index (χ3v) is 4.68. The van der Waals surface area contributed by atoms with Gasteiger partial charge in [-0.05, 0) is 18.9 Å². The Morgan fingerprint density at radius 1 is 1.35 bits per heavy atom. The maximum Gasteiger partial charge on any atom is 0.326 e. The van der Waals surface area contributed by atoms with Crippen molar-refractivity contribution in [3.63, 3.8) is 0 Å². The molecule has 0 saturated heterocycles. The van der Waals surface area contributed by atoms with E-state index in [2.05, 4.69) is 20.3 Å². The molecule has 0 bridgehead atoms. The molecule has 8 heteroatoms. The summed E-state index contributed by atoms with van der Waals surface area (Å²) >= 11 is 1.15. The van der Waals surface area contributed by atoms with Gasteiger partial charge in [0.1, 0.15) is 10.9 Å². The second-order valence-corrected chi connectivity index (χ2v) is 6.18. The van der Waals surface area contributed by atoms with Crippen LogP contribution in [0.2, 0.25) is 0 Å². The standard InChI is InChI=1S/C15H18N4O3S/c1-4-8(2)10(15(21)22)19-13(20)11-9(3)18-14(23-11)12-16-6-5-7-17-12/h5-8,10H,4H2,1-3H3,(H,19,20)(H,21,22)/t8-,10+/m0/s1. The van der Waals surface area contributed by atoms with Crippen LogP contribution in [-0.4, -0.2) is 38.0 Å². The number of carbonyl (C=O) groups excluding carboxylic acids is 1. The molecule has 0 fully saturated rings. The van der Waals surface area contributed by atoms with Crippen molar-refractivity contribution < 1.29 is 14.7 Å². The lowest BCUT2D eigenvalue weighted by Gasteiger charge is -2.19. The zero-order valence-corrected chi connectivity index (χ0v) is 13.9. The summed E-state index contributed by atoms with van der Waals surface area (Å²) in [6.07, 6.45) is 3.85. The van der Waals surface area contributed by atoms with Crippen molar-refractivity contribution in [3.05, 3.63) is 29.0 Å². The minimum absolute atomic E-state index is 0.165. The number of carboxylic acids is 1. The number of hydrogen-bond acceptors (Lipinski definition) is 6. The van der Waals surface area contributed by atoms with E-state index in [0.717, 1.165) is 11.3 Å². The van der Waals surface area contributed by atoms with Crippen molar-refractivity contribution in [1.29, 1.82) is 0 Å². The van der Waals surface area contributed by atoms with E-state index in [1.54, 1.807) is 32.3 Å². The van der Waals surface area contributed by atoms with Crippen LogP contribution in [0.15, 0.2) is 18.5 Å². The van der Waals surface area contributed by atoms with Crippen LogP contribution in [0.5, 0.6) is 0 Å². The Kier molecular flexibility index (Phi) is 5.38. The number of aliphatic carboxylic acids is 1. The van der Waals surface area contributed by atoms with Gasteiger partial charge in [0.25, 0.3) is 5.91 Å². The molecule has 0 unspecified atom stereocenters. The van der Waals surface area contributed by atoms with E-state index in [4.69, 9.17) is 0 Å². The quantitative estimate of drug-likeness (QED) is 0.838. The lowest BCUT2D eigenvalue weighted by Crippen LogP contribution is -2.44. The number of nitrogens with zero attached hydrogens (tertiary/aromatic N) is 3. The lowest BCUT2D eigenvalue weighted by molar-refractivity contribution is -0.140. The van der Waals surface area contributed by atoms with Crippen molar-refractivity contribution in [3.8, 4) is 10.8 Å². The van der Waals surface area contributed by atoms with Gasteiger partial charge in [0, 0.05) is 12.4 Å². The van der Waals surface area contributed by atoms with E-state index in [1.807, 2.05) is 6.92 Å². The fourth-order valence-electron chi connectivity index (χ4n) is 2.00. The molecule has 0 aliphatic carbocycles. The molecule has 7 nitrogen and oxygen atoms in total. The van der Waals surface area contributed by atoms with Crippen molar-refractivity contribution in [2.24, 2.45) is 5.92 Å². The minimum Gasteiger partial charge on any atom is -0.480 e. The first-order chi connectivity index (χ1) is 10.9. The van der Waals surface area contributed by atoms with Gasteiger partial charge in [-0.2, -0.15) is 0 Å². The molecule has 0 aliphatic rings. The Morgan fingerprint density at radius 2 is 2.00 bits per heavy atom. The van der Waals surface area contributed by atoms with Crippen LogP contribution in [0, 0.1) is 12.8 Å². The van der Waals surface area contributed by atoms with Gasteiger partial charge in [0.15, 0.2) is 10.8 Å². The summed E-state index contributed by atoms with van der Waals surface area (Å²) in [5, 5.41) is 12.4. The van der Waals surface area contributed by atoms with Gasteiger partial charge in [-0.25, -0.2) is 19.7 Å². The van der Waals surface area contributed by atoms with E-state index in [9.17, 15) is 14.7 Å². The molecule has 0 aliphatic heterocycles. The molecule has 0 spiro atoms. The number of nitrogens with one attached hydrogen (secondary N) is 1. The van der Waals surface area contributed by atoms with Gasteiger partial charge >= 0.3 is 5.97 Å². The first kappa shape index (κ1) is 17.0. The van der Waals surface area contributed by atoms with Crippen LogP contribution in [-0.2, 0) is 4.79 Å². The average Bonchev–Trinajstić information content (AvgIpc) is 2.94. The van der Waals surface area contributed by atoms with Crippen molar-refractivity contribution in [2.75, 3.05) is 0 Å². The number of aromatic nitrogens is 3. The van der Waals surface area contributed by atoms with E-state index < -0.39 is 17.9 Å². The van der Waals surface area contributed by atoms with Crippen LogP contribution < -0.4 is 5.32 Å². The van der Waals surface area contributed by atoms with Crippen LogP contribution >= 0.6 is 11.3 Å². The van der Waals surface area contributed by atoms with Crippen LogP contribution in [0.1, 0.15) is 35.6 Å². The average molecular weight is 334 g/mol. The highest BCUT2D eigenvalue weighted by Crippen LogP contribution is 2.25. The third-order valence-electron chi connectivity index (χ3n) is 3.53. The SMILES string of the molecule is CC[C@H](C)[C@@H](NC(=O)c1sc(-c2ncccn2)nc1C)C(=O)O. The van der Waals surface area contributed by atoms with Crippen LogP contribution in [0.25, 0.3) is 10.8 Å². The van der Waals surface area contributed by atoms with Gasteiger partial charge < -0.3 is 10.4 Å². The van der Waals surface area contributed by atoms with E-state index in [0.29, 0.717) is 27.8 Å². The second-order valence-electron chi connectivity index (χ2n) is 5.18. The molecule has 2 aromatic rings. The molecule has 2 atom stereocenters. The number of carboxylic acid groups (broad SMARTS) is 1. The Hall–Kier alpha value is -2.35. The second kappa shape index (κ2) is 7.28. The summed E-state index contributed by atoms with van der Waals surface area (Å²) < 4.78 is 0. The van der Waals surface area contributed by atoms with Gasteiger partial charge in [-0.3, -0.25) is 4.79 Å². The number of amides is 1. The first-order valence-electron chi connectivity index (χ1n) is 7.22. The number of thiazole rings is 1. The summed E-state index contributed by atoms with van der Waals surface area (Å²) in [6.45, 7) is 5.38. The highest BCUT2D eigenvalue weighted by atomic mass is 32.1. The van der Waals surface area contributed by atoms with E-state index >= 15 is 0 Å². The monoisotopic (exact) mass is 334 g/mol. The highest BCUT2D eigenvalue weighted by Gasteiger charge is 2.27. The zero-order valence-electron chi connectivity index (χ0n) is 13.1. The molecule has 23 heavy (non-hydrogen) atoms. The minimum atomic E-state index is -1.04. The molecule has 122 valence electrons. The molecular formula is C15H18N4O3S. The maximum absolute atomic E-state index is 12.4. The van der Waals surface area contributed by atoms with Crippen LogP contribution in [0.3, 0.4) is 0 Å². The van der Waals surface area contributed by atoms with Crippen molar-refractivity contribution >= 4 is 23.2 Å². The highest BCUT2D eigenvalue weighted by molar-refractivity contribution is 7.17. The Morgan fingerprint density at radius 3 is 2.57 bits per heavy atom. The van der Waals surface area contributed by atoms with Crippen molar-refractivity contribution in [1.82, 2.24) is 20.3 Å². The smallest absolute Gasteiger partial charge is 0.326 e. The zero-order chi connectivity index (χ0) is 17.0. The predicted octanol–water partition coefficient (Wildman–Crippen LogP) is 2.14. The maximum atomic E-state index is 12.4. The summed E-state index contributed by atoms with van der Waals surface area (Å²) in [6, 6.07) is 0.770. The molecule has 2 N–H and O–H groups in total. The molecule has 0 saturated carbocycles. The Bertz CT molecular complexity index is 702. The number of rotatable bonds is 6. The van der Waals surface area contributed by atoms with E-state index in [-0.39, 0.29) is 5.92 Å². The van der Waals surface area contributed by atoms with Gasteiger partial charge in [0.05, 0.1) is 5.69 Å². The predicted molar refractivity (Wildman–Crippen MR) is 86.2 cm³/mol. The summed E-state index contributed by atoms with van der Waals surface area (Å²) in [4.78, 5) is 36.6. The first-order valence-corrected chi connectivity index (χ1v) is 8.04. The third kappa shape index (κ3) is 3.89. The largest absolute Gasteiger partial charge is 0.480 e. The number of aryl methyl sites for hydroxylation is 1. The van der Waals surface area contributed by atoms with Crippen LogP contribution in [0.4, 0.5) is 0 Å². The fraction of sp³-hybridized carbons (Fsp3) is 0.400. The summed E-state index contributed by atoms with van der Waals surface area (Å²) in [7, 11) is 0. The summed E-state index contributed by atoms with van der Waals surface area (Å²) in [5.41, 5.74) is 0.531. The molecule has 1 amide bonds. The lowest BCUT2D eigenvalue weighted by atomic mass is 9.99. The normalized spacial score (nSPS) is 13.3. The summed E-state index contributed by atoms with van der Waals surface area (Å²) in [5.74, 6) is -1.20. The van der Waals surface area contributed by atoms with E-state index in [1.165, 1.54) is 0 Å². The van der Waals surface area contributed by atoms with Gasteiger partial charge in [-0.1, -0.05) is 20.3 Å². The number of hydrogen-bond donors (Lipinski definition) is 2. The molecule has 2 aromatic heterocycles. The van der Waals surface area contributed by atoms with Gasteiger partial charge in [-0.15, -0.1) is 11.3 Å². The fourth-order valence-corrected chi connectivity index (χ4v) is 2.92.